The van der Waals surface area contributed by atoms with Crippen LogP contribution in [0.25, 0.3) is 27.2 Å². The molecule has 0 unspecified atom stereocenters. The molecule has 0 saturated heterocycles. The molecule has 4 rings (SSSR count). The number of aliphatic carboxylic acids is 1. The van der Waals surface area contributed by atoms with E-state index in [-0.39, 0.29) is 29.4 Å². The molecule has 1 heterocycles. The van der Waals surface area contributed by atoms with E-state index in [4.69, 9.17) is 22.1 Å². The number of imidazole rings is 1. The summed E-state index contributed by atoms with van der Waals surface area (Å²) >= 11 is 0. The van der Waals surface area contributed by atoms with Crippen LogP contribution in [-0.2, 0) is 23.1 Å². The number of aromatic nitrogens is 2. The summed E-state index contributed by atoms with van der Waals surface area (Å²) in [4.78, 5) is 21.2. The van der Waals surface area contributed by atoms with Crippen molar-refractivity contribution in [2.75, 3.05) is 0 Å². The van der Waals surface area contributed by atoms with E-state index in [1.807, 2.05) is 42.5 Å². The Morgan fingerprint density at radius 1 is 1.08 bits per heavy atom. The van der Waals surface area contributed by atoms with Crippen LogP contribution < -0.4 is 10.5 Å². The first-order valence-corrected chi connectivity index (χ1v) is 11.4. The SMILES string of the molecule is [C-]#[N+]c1cc(-c2cnc([C@@](C)(N)CC(=O)O)[nH]2)cc(C(F)(F)F)c1OCc1ccc(-c2ccccc2)cc1. The van der Waals surface area contributed by atoms with Gasteiger partial charge in [-0.15, -0.1) is 0 Å². The molecule has 0 saturated carbocycles. The summed E-state index contributed by atoms with van der Waals surface area (Å²) in [6, 6.07) is 19.0. The molecule has 0 bridgehead atoms. The van der Waals surface area contributed by atoms with Crippen LogP contribution in [0.5, 0.6) is 5.75 Å². The number of alkyl halides is 3. The zero-order valence-corrected chi connectivity index (χ0v) is 20.2. The normalized spacial score (nSPS) is 12.9. The highest BCUT2D eigenvalue weighted by Crippen LogP contribution is 2.45. The van der Waals surface area contributed by atoms with Crippen molar-refractivity contribution in [3.8, 4) is 28.1 Å². The number of rotatable bonds is 8. The number of nitrogens with two attached hydrogens (primary N) is 1. The lowest BCUT2D eigenvalue weighted by Gasteiger charge is -2.19. The molecule has 1 aromatic heterocycles. The van der Waals surface area contributed by atoms with Gasteiger partial charge in [-0.25, -0.2) is 9.83 Å². The van der Waals surface area contributed by atoms with Gasteiger partial charge in [-0.1, -0.05) is 54.6 Å². The molecule has 0 aliphatic heterocycles. The fraction of sp³-hybridized carbons (Fsp3) is 0.179. The third-order valence-corrected chi connectivity index (χ3v) is 5.89. The minimum Gasteiger partial charge on any atom is -0.499 e. The van der Waals surface area contributed by atoms with Gasteiger partial charge in [0.1, 0.15) is 18.2 Å². The van der Waals surface area contributed by atoms with Gasteiger partial charge in [0.15, 0.2) is 0 Å². The van der Waals surface area contributed by atoms with Crippen molar-refractivity contribution in [2.45, 2.75) is 31.7 Å². The second-order valence-electron chi connectivity index (χ2n) is 8.97. The number of ether oxygens (including phenoxy) is 1. The highest BCUT2D eigenvalue weighted by molar-refractivity contribution is 5.74. The number of halogens is 3. The highest BCUT2D eigenvalue weighted by atomic mass is 19.4. The number of benzene rings is 3. The van der Waals surface area contributed by atoms with Gasteiger partial charge in [-0.05, 0) is 41.3 Å². The van der Waals surface area contributed by atoms with Crippen molar-refractivity contribution in [1.82, 2.24) is 9.97 Å². The molecule has 0 fully saturated rings. The number of hydrogen-bond donors (Lipinski definition) is 3. The van der Waals surface area contributed by atoms with Gasteiger partial charge in [-0.3, -0.25) is 4.79 Å². The Labute approximate surface area is 216 Å². The Kier molecular flexibility index (Phi) is 7.23. The predicted octanol–water partition coefficient (Wildman–Crippen LogP) is 6.54. The van der Waals surface area contributed by atoms with Crippen LogP contribution in [0.3, 0.4) is 0 Å². The van der Waals surface area contributed by atoms with E-state index in [2.05, 4.69) is 14.8 Å². The number of aromatic amines is 1. The van der Waals surface area contributed by atoms with Crippen molar-refractivity contribution in [2.24, 2.45) is 5.73 Å². The molecule has 194 valence electrons. The lowest BCUT2D eigenvalue weighted by Crippen LogP contribution is -2.36. The lowest BCUT2D eigenvalue weighted by molar-refractivity contribution is -0.139. The number of carboxylic acid groups (broad SMARTS) is 1. The van der Waals surface area contributed by atoms with E-state index in [1.165, 1.54) is 19.2 Å². The number of carboxylic acids is 1. The second kappa shape index (κ2) is 10.4. The van der Waals surface area contributed by atoms with E-state index in [0.717, 1.165) is 17.2 Å². The summed E-state index contributed by atoms with van der Waals surface area (Å²) in [5.74, 6) is -1.64. The maximum atomic E-state index is 14.1. The zero-order valence-electron chi connectivity index (χ0n) is 20.2. The molecule has 4 aromatic rings. The fourth-order valence-corrected chi connectivity index (χ4v) is 3.95. The summed E-state index contributed by atoms with van der Waals surface area (Å²) in [5, 5.41) is 9.06. The quantitative estimate of drug-likeness (QED) is 0.229. The molecule has 10 heteroatoms. The summed E-state index contributed by atoms with van der Waals surface area (Å²) in [7, 11) is 0. The maximum absolute atomic E-state index is 14.1. The van der Waals surface area contributed by atoms with E-state index in [1.54, 1.807) is 12.1 Å². The zero-order chi connectivity index (χ0) is 27.5. The van der Waals surface area contributed by atoms with Crippen LogP contribution in [-0.4, -0.2) is 21.0 Å². The first-order chi connectivity index (χ1) is 18.0. The topological polar surface area (TPSA) is 106 Å². The van der Waals surface area contributed by atoms with Gasteiger partial charge < -0.3 is 20.6 Å². The van der Waals surface area contributed by atoms with Crippen LogP contribution in [0.1, 0.15) is 30.3 Å². The van der Waals surface area contributed by atoms with Gasteiger partial charge in [0, 0.05) is 0 Å². The third kappa shape index (κ3) is 5.85. The Bertz CT molecular complexity index is 1490. The van der Waals surface area contributed by atoms with Crippen molar-refractivity contribution in [1.29, 1.82) is 0 Å². The summed E-state index contributed by atoms with van der Waals surface area (Å²) in [5.41, 5.74) is 5.99. The molecule has 7 nitrogen and oxygen atoms in total. The molecule has 0 aliphatic carbocycles. The molecule has 38 heavy (non-hydrogen) atoms. The summed E-state index contributed by atoms with van der Waals surface area (Å²) in [6.07, 6.45) is -4.00. The Hall–Kier alpha value is -4.62. The first-order valence-electron chi connectivity index (χ1n) is 11.4. The number of carbonyl (C=O) groups is 1. The molecular formula is C28H23F3N4O3. The largest absolute Gasteiger partial charge is 0.499 e. The van der Waals surface area contributed by atoms with Crippen LogP contribution >= 0.6 is 0 Å². The highest BCUT2D eigenvalue weighted by Gasteiger charge is 2.37. The van der Waals surface area contributed by atoms with Crippen LogP contribution in [0.4, 0.5) is 18.9 Å². The Morgan fingerprint density at radius 2 is 1.74 bits per heavy atom. The number of nitrogens with one attached hydrogen (secondary N) is 1. The van der Waals surface area contributed by atoms with Crippen LogP contribution in [0, 0.1) is 6.57 Å². The van der Waals surface area contributed by atoms with Crippen LogP contribution in [0.2, 0.25) is 0 Å². The Morgan fingerprint density at radius 3 is 2.34 bits per heavy atom. The lowest BCUT2D eigenvalue weighted by atomic mass is 9.99. The molecule has 3 aromatic carbocycles. The van der Waals surface area contributed by atoms with E-state index in [9.17, 15) is 18.0 Å². The molecule has 0 spiro atoms. The van der Waals surface area contributed by atoms with Crippen molar-refractivity contribution < 1.29 is 27.8 Å². The standard InChI is InChI=1S/C28H23F3N4O3/c1-27(32,14-24(36)37)26-34-15-23(35-26)20-12-21(28(29,30)31)25(22(13-20)33-2)38-16-17-8-10-19(11-9-17)18-6-4-3-5-7-18/h3-13,15H,14,16,32H2,1H3,(H,34,35)(H,36,37)/t27-/m0/s1. The molecule has 0 aliphatic rings. The minimum atomic E-state index is -4.81. The molecule has 0 amide bonds. The second-order valence-corrected chi connectivity index (χ2v) is 8.97. The smallest absolute Gasteiger partial charge is 0.418 e. The monoisotopic (exact) mass is 520 g/mol. The van der Waals surface area contributed by atoms with E-state index < -0.39 is 35.4 Å². The van der Waals surface area contributed by atoms with Crippen molar-refractivity contribution in [3.63, 3.8) is 0 Å². The van der Waals surface area contributed by atoms with Gasteiger partial charge in [0.2, 0.25) is 5.69 Å². The average molecular weight is 521 g/mol. The van der Waals surface area contributed by atoms with Gasteiger partial charge in [0.05, 0.1) is 36.0 Å². The summed E-state index contributed by atoms with van der Waals surface area (Å²) < 4.78 is 47.8. The van der Waals surface area contributed by atoms with Gasteiger partial charge in [0.25, 0.3) is 0 Å². The third-order valence-electron chi connectivity index (χ3n) is 5.89. The number of nitrogens with zero attached hydrogens (tertiary/aromatic N) is 2. The van der Waals surface area contributed by atoms with Gasteiger partial charge in [-0.2, -0.15) is 13.2 Å². The first kappa shape index (κ1) is 26.4. The van der Waals surface area contributed by atoms with E-state index >= 15 is 0 Å². The number of hydrogen-bond acceptors (Lipinski definition) is 4. The van der Waals surface area contributed by atoms with E-state index in [0.29, 0.717) is 5.56 Å². The predicted molar refractivity (Wildman–Crippen MR) is 135 cm³/mol. The van der Waals surface area contributed by atoms with Crippen molar-refractivity contribution >= 4 is 11.7 Å². The van der Waals surface area contributed by atoms with Crippen molar-refractivity contribution in [3.05, 3.63) is 101 Å². The minimum absolute atomic E-state index is 0.0350. The molecular weight excluding hydrogens is 497 g/mol. The average Bonchev–Trinajstić information content (AvgIpc) is 3.38. The van der Waals surface area contributed by atoms with Gasteiger partial charge >= 0.3 is 12.1 Å². The summed E-state index contributed by atoms with van der Waals surface area (Å²) in [6.45, 7) is 8.77. The van der Waals surface area contributed by atoms with Crippen LogP contribution in [0.15, 0.2) is 72.9 Å². The Balaban J connectivity index is 1.63. The maximum Gasteiger partial charge on any atom is 0.418 e. The number of H-pyrrole nitrogens is 1. The molecule has 4 N–H and O–H groups in total. The molecule has 1 atom stereocenters. The molecule has 0 radical (unpaired) electrons. The fourth-order valence-electron chi connectivity index (χ4n) is 3.95.